The summed E-state index contributed by atoms with van der Waals surface area (Å²) in [5, 5.41) is 0. The van der Waals surface area contributed by atoms with Crippen LogP contribution in [0.1, 0.15) is 12.0 Å². The second kappa shape index (κ2) is 6.52. The lowest BCUT2D eigenvalue weighted by molar-refractivity contribution is -0.118. The molecule has 1 aromatic heterocycles. The third-order valence-corrected chi connectivity index (χ3v) is 3.50. The van der Waals surface area contributed by atoms with Gasteiger partial charge >= 0.3 is 0 Å². The van der Waals surface area contributed by atoms with Crippen molar-refractivity contribution in [3.8, 4) is 0 Å². The third kappa shape index (κ3) is 3.81. The normalized spacial score (nSPS) is 10.3. The van der Waals surface area contributed by atoms with Crippen molar-refractivity contribution in [1.82, 2.24) is 4.98 Å². The van der Waals surface area contributed by atoms with Gasteiger partial charge in [-0.15, -0.1) is 0 Å². The lowest BCUT2D eigenvalue weighted by atomic mass is 10.1. The molecule has 1 heterocycles. The molecule has 0 saturated heterocycles. The van der Waals surface area contributed by atoms with E-state index in [-0.39, 0.29) is 5.91 Å². The van der Waals surface area contributed by atoms with Gasteiger partial charge in [-0.1, -0.05) is 28.1 Å². The average molecular weight is 334 g/mol. The molecule has 0 fully saturated rings. The van der Waals surface area contributed by atoms with Crippen LogP contribution < -0.4 is 10.6 Å². The van der Waals surface area contributed by atoms with Gasteiger partial charge in [0.15, 0.2) is 0 Å². The van der Waals surface area contributed by atoms with Crippen LogP contribution in [-0.4, -0.2) is 17.9 Å². The van der Waals surface area contributed by atoms with E-state index in [1.165, 1.54) is 0 Å². The number of rotatable bonds is 4. The monoisotopic (exact) mass is 333 g/mol. The standard InChI is InChI=1S/C15H16BrN3O/c1-19(14-7-6-13(17)10-18-14)15(20)8-5-11-3-2-4-12(16)9-11/h2-4,6-7,9-10H,5,8,17H2,1H3. The number of amides is 1. The smallest absolute Gasteiger partial charge is 0.228 e. The van der Waals surface area contributed by atoms with Gasteiger partial charge < -0.3 is 5.73 Å². The van der Waals surface area contributed by atoms with Gasteiger partial charge in [-0.2, -0.15) is 0 Å². The molecule has 0 bridgehead atoms. The molecule has 2 N–H and O–H groups in total. The van der Waals surface area contributed by atoms with Crippen LogP contribution in [0.3, 0.4) is 0 Å². The minimum atomic E-state index is 0.0299. The lowest BCUT2D eigenvalue weighted by Crippen LogP contribution is -2.27. The first-order valence-electron chi connectivity index (χ1n) is 6.29. The maximum Gasteiger partial charge on any atom is 0.228 e. The number of aromatic nitrogens is 1. The molecule has 0 unspecified atom stereocenters. The predicted molar refractivity (Wildman–Crippen MR) is 84.5 cm³/mol. The number of pyridine rings is 1. The Morgan fingerprint density at radius 3 is 2.80 bits per heavy atom. The highest BCUT2D eigenvalue weighted by molar-refractivity contribution is 9.10. The summed E-state index contributed by atoms with van der Waals surface area (Å²) in [6.07, 6.45) is 2.70. The van der Waals surface area contributed by atoms with Crippen molar-refractivity contribution in [2.24, 2.45) is 0 Å². The number of nitrogens with two attached hydrogens (primary N) is 1. The summed E-state index contributed by atoms with van der Waals surface area (Å²) < 4.78 is 1.02. The Morgan fingerprint density at radius 1 is 1.35 bits per heavy atom. The lowest BCUT2D eigenvalue weighted by Gasteiger charge is -2.16. The Balaban J connectivity index is 1.96. The van der Waals surface area contributed by atoms with Crippen molar-refractivity contribution in [2.75, 3.05) is 17.7 Å². The van der Waals surface area contributed by atoms with Crippen LogP contribution in [0.15, 0.2) is 47.1 Å². The summed E-state index contributed by atoms with van der Waals surface area (Å²) in [7, 11) is 1.72. The summed E-state index contributed by atoms with van der Waals surface area (Å²) in [4.78, 5) is 17.8. The summed E-state index contributed by atoms with van der Waals surface area (Å²) in [6, 6.07) is 11.5. The predicted octanol–water partition coefficient (Wildman–Crippen LogP) is 3.02. The molecule has 104 valence electrons. The largest absolute Gasteiger partial charge is 0.397 e. The molecule has 2 rings (SSSR count). The molecule has 0 radical (unpaired) electrons. The number of hydrogen-bond acceptors (Lipinski definition) is 3. The van der Waals surface area contributed by atoms with E-state index < -0.39 is 0 Å². The van der Waals surface area contributed by atoms with Crippen molar-refractivity contribution in [3.63, 3.8) is 0 Å². The molecule has 5 heteroatoms. The van der Waals surface area contributed by atoms with Gasteiger partial charge in [-0.05, 0) is 36.2 Å². The number of nitrogen functional groups attached to an aromatic ring is 1. The fourth-order valence-electron chi connectivity index (χ4n) is 1.84. The molecule has 0 saturated carbocycles. The van der Waals surface area contributed by atoms with Gasteiger partial charge in [0.1, 0.15) is 5.82 Å². The summed E-state index contributed by atoms with van der Waals surface area (Å²) >= 11 is 3.42. The molecule has 0 aliphatic heterocycles. The second-order valence-electron chi connectivity index (χ2n) is 4.53. The Hall–Kier alpha value is -1.88. The first-order valence-corrected chi connectivity index (χ1v) is 7.08. The number of hydrogen-bond donors (Lipinski definition) is 1. The van der Waals surface area contributed by atoms with Gasteiger partial charge in [0.2, 0.25) is 5.91 Å². The topological polar surface area (TPSA) is 59.2 Å². The van der Waals surface area contributed by atoms with Crippen LogP contribution in [0.4, 0.5) is 11.5 Å². The van der Waals surface area contributed by atoms with Crippen molar-refractivity contribution in [2.45, 2.75) is 12.8 Å². The van der Waals surface area contributed by atoms with Crippen LogP contribution in [0.25, 0.3) is 0 Å². The number of carbonyl (C=O) groups is 1. The number of nitrogens with zero attached hydrogens (tertiary/aromatic N) is 2. The van der Waals surface area contributed by atoms with Crippen molar-refractivity contribution in [3.05, 3.63) is 52.6 Å². The molecule has 0 spiro atoms. The molecular weight excluding hydrogens is 318 g/mol. The second-order valence-corrected chi connectivity index (χ2v) is 5.45. The summed E-state index contributed by atoms with van der Waals surface area (Å²) in [6.45, 7) is 0. The number of benzene rings is 1. The Kier molecular flexibility index (Phi) is 4.74. The van der Waals surface area contributed by atoms with Gasteiger partial charge in [0.05, 0.1) is 11.9 Å². The zero-order chi connectivity index (χ0) is 14.5. The van der Waals surface area contributed by atoms with Crippen LogP contribution in [0.5, 0.6) is 0 Å². The van der Waals surface area contributed by atoms with Gasteiger partial charge in [0, 0.05) is 17.9 Å². The molecular formula is C15H16BrN3O. The molecule has 2 aromatic rings. The molecule has 1 aromatic carbocycles. The molecule has 4 nitrogen and oxygen atoms in total. The first kappa shape index (κ1) is 14.5. The fraction of sp³-hybridized carbons (Fsp3) is 0.200. The SMILES string of the molecule is CN(C(=O)CCc1cccc(Br)c1)c1ccc(N)cn1. The molecule has 1 amide bonds. The van der Waals surface area contributed by atoms with Gasteiger partial charge in [0.25, 0.3) is 0 Å². The highest BCUT2D eigenvalue weighted by Crippen LogP contribution is 2.15. The number of anilines is 2. The van der Waals surface area contributed by atoms with E-state index in [1.54, 1.807) is 30.3 Å². The molecule has 0 atom stereocenters. The summed E-state index contributed by atoms with van der Waals surface area (Å²) in [5.41, 5.74) is 7.30. The Bertz CT molecular complexity index is 598. The molecule has 0 aliphatic rings. The third-order valence-electron chi connectivity index (χ3n) is 3.01. The van der Waals surface area contributed by atoms with Crippen LogP contribution in [0.2, 0.25) is 0 Å². The number of carbonyl (C=O) groups excluding carboxylic acids is 1. The van der Waals surface area contributed by atoms with E-state index in [0.717, 1.165) is 10.0 Å². The average Bonchev–Trinajstić information content (AvgIpc) is 2.45. The van der Waals surface area contributed by atoms with Gasteiger partial charge in [-0.3, -0.25) is 9.69 Å². The van der Waals surface area contributed by atoms with E-state index in [9.17, 15) is 4.79 Å². The maximum atomic E-state index is 12.1. The fourth-order valence-corrected chi connectivity index (χ4v) is 2.28. The minimum Gasteiger partial charge on any atom is -0.397 e. The van der Waals surface area contributed by atoms with Gasteiger partial charge in [-0.25, -0.2) is 4.98 Å². The first-order chi connectivity index (χ1) is 9.56. The molecule has 20 heavy (non-hydrogen) atoms. The zero-order valence-electron chi connectivity index (χ0n) is 11.2. The minimum absolute atomic E-state index is 0.0299. The van der Waals surface area contributed by atoms with Crippen LogP contribution in [-0.2, 0) is 11.2 Å². The van der Waals surface area contributed by atoms with Crippen molar-refractivity contribution < 1.29 is 4.79 Å². The van der Waals surface area contributed by atoms with Crippen LogP contribution >= 0.6 is 15.9 Å². The maximum absolute atomic E-state index is 12.1. The quantitative estimate of drug-likeness (QED) is 0.935. The van der Waals surface area contributed by atoms with E-state index in [2.05, 4.69) is 20.9 Å². The Labute approximate surface area is 126 Å². The number of aryl methyl sites for hydroxylation is 1. The highest BCUT2D eigenvalue weighted by Gasteiger charge is 2.11. The van der Waals surface area contributed by atoms with E-state index in [1.807, 2.05) is 24.3 Å². The van der Waals surface area contributed by atoms with E-state index in [0.29, 0.717) is 24.3 Å². The summed E-state index contributed by atoms with van der Waals surface area (Å²) in [5.74, 6) is 0.640. The van der Waals surface area contributed by atoms with Crippen molar-refractivity contribution in [1.29, 1.82) is 0 Å². The zero-order valence-corrected chi connectivity index (χ0v) is 12.8. The highest BCUT2D eigenvalue weighted by atomic mass is 79.9. The Morgan fingerprint density at radius 2 is 2.15 bits per heavy atom. The number of halogens is 1. The van der Waals surface area contributed by atoms with Crippen molar-refractivity contribution >= 4 is 33.3 Å². The van der Waals surface area contributed by atoms with E-state index in [4.69, 9.17) is 5.73 Å². The van der Waals surface area contributed by atoms with E-state index >= 15 is 0 Å². The van der Waals surface area contributed by atoms with Crippen LogP contribution in [0, 0.1) is 0 Å². The molecule has 0 aliphatic carbocycles.